The second-order valence-corrected chi connectivity index (χ2v) is 6.92. The number of methoxy groups -OCH3 is 3. The third kappa shape index (κ3) is 4.88. The van der Waals surface area contributed by atoms with Crippen LogP contribution in [0.15, 0.2) is 41.5 Å². The Morgan fingerprint density at radius 2 is 1.57 bits per heavy atom. The summed E-state index contributed by atoms with van der Waals surface area (Å²) < 4.78 is 16.2. The van der Waals surface area contributed by atoms with E-state index in [2.05, 4.69) is 21.1 Å². The summed E-state index contributed by atoms with van der Waals surface area (Å²) in [5, 5.41) is 7.52. The van der Waals surface area contributed by atoms with Crippen LogP contribution < -0.4 is 14.2 Å². The molecule has 2 aromatic carbocycles. The number of nitrogens with zero attached hydrogens (tertiary/aromatic N) is 3. The Labute approximate surface area is 171 Å². The van der Waals surface area contributed by atoms with Gasteiger partial charge in [-0.05, 0) is 17.7 Å². The van der Waals surface area contributed by atoms with Gasteiger partial charge in [-0.3, -0.25) is 9.91 Å². The van der Waals surface area contributed by atoms with E-state index in [1.807, 2.05) is 36.5 Å². The summed E-state index contributed by atoms with van der Waals surface area (Å²) in [6.45, 7) is 4.45. The fraction of sp³-hybridized carbons (Fsp3) is 0.381. The number of rotatable bonds is 7. The molecule has 150 valence electrons. The zero-order chi connectivity index (χ0) is 19.9. The summed E-state index contributed by atoms with van der Waals surface area (Å²) in [6, 6.07) is 11.7. The molecule has 0 spiro atoms. The van der Waals surface area contributed by atoms with E-state index in [9.17, 15) is 0 Å². The van der Waals surface area contributed by atoms with Gasteiger partial charge in [0.1, 0.15) is 5.75 Å². The molecule has 0 N–H and O–H groups in total. The first-order valence-corrected chi connectivity index (χ1v) is 9.57. The lowest BCUT2D eigenvalue weighted by molar-refractivity contribution is 0.131. The van der Waals surface area contributed by atoms with Crippen molar-refractivity contribution in [3.8, 4) is 17.2 Å². The van der Waals surface area contributed by atoms with Crippen molar-refractivity contribution in [2.24, 2.45) is 5.10 Å². The Balaban J connectivity index is 1.61. The number of hydrogen-bond acceptors (Lipinski definition) is 6. The minimum absolute atomic E-state index is 0.629. The van der Waals surface area contributed by atoms with Crippen molar-refractivity contribution < 1.29 is 14.2 Å². The highest BCUT2D eigenvalue weighted by Gasteiger charge is 2.17. The molecule has 0 radical (unpaired) electrons. The van der Waals surface area contributed by atoms with Crippen LogP contribution in [-0.4, -0.2) is 63.6 Å². The number of benzene rings is 2. The van der Waals surface area contributed by atoms with Crippen molar-refractivity contribution in [2.45, 2.75) is 6.54 Å². The number of piperazine rings is 1. The summed E-state index contributed by atoms with van der Waals surface area (Å²) >= 11 is 6.27. The summed E-state index contributed by atoms with van der Waals surface area (Å²) in [4.78, 5) is 2.39. The molecule has 0 unspecified atom stereocenters. The largest absolute Gasteiger partial charge is 0.496 e. The van der Waals surface area contributed by atoms with Gasteiger partial charge in [0.25, 0.3) is 0 Å². The van der Waals surface area contributed by atoms with Crippen molar-refractivity contribution >= 4 is 17.8 Å². The minimum atomic E-state index is 0.629. The molecule has 28 heavy (non-hydrogen) atoms. The lowest BCUT2D eigenvalue weighted by Crippen LogP contribution is -2.43. The van der Waals surface area contributed by atoms with Crippen molar-refractivity contribution in [2.75, 3.05) is 47.5 Å². The second kappa shape index (κ2) is 9.66. The average Bonchev–Trinajstić information content (AvgIpc) is 2.74. The number of halogens is 1. The van der Waals surface area contributed by atoms with E-state index < -0.39 is 0 Å². The highest BCUT2D eigenvalue weighted by atomic mass is 35.5. The lowest BCUT2D eigenvalue weighted by Gasteiger charge is -2.33. The van der Waals surface area contributed by atoms with Gasteiger partial charge in [-0.2, -0.15) is 5.10 Å². The third-order valence-electron chi connectivity index (χ3n) is 4.80. The van der Waals surface area contributed by atoms with Crippen LogP contribution in [0.3, 0.4) is 0 Å². The van der Waals surface area contributed by atoms with Crippen LogP contribution >= 0.6 is 11.6 Å². The van der Waals surface area contributed by atoms with Gasteiger partial charge in [0, 0.05) is 49.4 Å². The van der Waals surface area contributed by atoms with Gasteiger partial charge in [0.2, 0.25) is 0 Å². The molecular formula is C21H26ClN3O3. The predicted octanol–water partition coefficient (Wildman–Crippen LogP) is 3.52. The maximum atomic E-state index is 6.27. The Morgan fingerprint density at radius 3 is 2.21 bits per heavy atom. The maximum absolute atomic E-state index is 6.27. The van der Waals surface area contributed by atoms with Crippen LogP contribution in [-0.2, 0) is 6.54 Å². The zero-order valence-electron chi connectivity index (χ0n) is 16.5. The molecule has 0 bridgehead atoms. The average molecular weight is 404 g/mol. The van der Waals surface area contributed by atoms with E-state index in [4.69, 9.17) is 25.8 Å². The van der Waals surface area contributed by atoms with Gasteiger partial charge in [-0.1, -0.05) is 29.8 Å². The van der Waals surface area contributed by atoms with Crippen molar-refractivity contribution in [1.29, 1.82) is 0 Å². The van der Waals surface area contributed by atoms with E-state index in [-0.39, 0.29) is 0 Å². The summed E-state index contributed by atoms with van der Waals surface area (Å²) in [5.41, 5.74) is 2.01. The molecule has 0 atom stereocenters. The summed E-state index contributed by atoms with van der Waals surface area (Å²) in [7, 11) is 4.85. The lowest BCUT2D eigenvalue weighted by atomic mass is 10.2. The van der Waals surface area contributed by atoms with E-state index in [1.54, 1.807) is 21.3 Å². The van der Waals surface area contributed by atoms with Crippen LogP contribution in [0, 0.1) is 0 Å². The van der Waals surface area contributed by atoms with Gasteiger partial charge in [-0.15, -0.1) is 0 Å². The van der Waals surface area contributed by atoms with Gasteiger partial charge in [0.15, 0.2) is 11.5 Å². The molecule has 3 rings (SSSR count). The molecule has 0 aromatic heterocycles. The van der Waals surface area contributed by atoms with Gasteiger partial charge in [0.05, 0.1) is 27.5 Å². The minimum Gasteiger partial charge on any atom is -0.496 e. The Hall–Kier alpha value is -2.44. The van der Waals surface area contributed by atoms with Crippen molar-refractivity contribution in [1.82, 2.24) is 9.91 Å². The van der Waals surface area contributed by atoms with E-state index in [0.717, 1.165) is 48.9 Å². The van der Waals surface area contributed by atoms with Crippen molar-refractivity contribution in [3.05, 3.63) is 52.5 Å². The van der Waals surface area contributed by atoms with Gasteiger partial charge in [-0.25, -0.2) is 0 Å². The number of hydrazone groups is 1. The summed E-state index contributed by atoms with van der Waals surface area (Å²) in [5.74, 6) is 1.97. The molecular weight excluding hydrogens is 378 g/mol. The topological polar surface area (TPSA) is 46.5 Å². The zero-order valence-corrected chi connectivity index (χ0v) is 17.3. The third-order valence-corrected chi connectivity index (χ3v) is 5.17. The smallest absolute Gasteiger partial charge is 0.164 e. The number of ether oxygens (including phenoxy) is 3. The number of hydrogen-bond donors (Lipinski definition) is 0. The van der Waals surface area contributed by atoms with Crippen LogP contribution in [0.1, 0.15) is 11.1 Å². The molecule has 0 saturated carbocycles. The molecule has 1 heterocycles. The molecule has 6 nitrogen and oxygen atoms in total. The molecule has 0 aliphatic carbocycles. The van der Waals surface area contributed by atoms with Crippen molar-refractivity contribution in [3.63, 3.8) is 0 Å². The van der Waals surface area contributed by atoms with E-state index in [0.29, 0.717) is 17.2 Å². The molecule has 2 aromatic rings. The molecule has 0 amide bonds. The van der Waals surface area contributed by atoms with Crippen LogP contribution in [0.4, 0.5) is 0 Å². The fourth-order valence-corrected chi connectivity index (χ4v) is 3.37. The SMILES string of the molecule is COc1cc(OC)c(OC)cc1C=NN1CCN(Cc2ccccc2Cl)CC1. The molecule has 7 heteroatoms. The first-order valence-electron chi connectivity index (χ1n) is 9.19. The standard InChI is InChI=1S/C21H26ClN3O3/c1-26-19-13-21(28-3)20(27-2)12-17(19)14-23-25-10-8-24(9-11-25)15-16-6-4-5-7-18(16)22/h4-7,12-14H,8-11,15H2,1-3H3. The van der Waals surface area contributed by atoms with Gasteiger partial charge >= 0.3 is 0 Å². The molecule has 1 saturated heterocycles. The Kier molecular flexibility index (Phi) is 7.01. The van der Waals surface area contributed by atoms with Crippen LogP contribution in [0.5, 0.6) is 17.2 Å². The Bertz CT molecular complexity index is 821. The molecule has 1 fully saturated rings. The molecule has 1 aliphatic heterocycles. The maximum Gasteiger partial charge on any atom is 0.164 e. The van der Waals surface area contributed by atoms with E-state index >= 15 is 0 Å². The van der Waals surface area contributed by atoms with Crippen LogP contribution in [0.25, 0.3) is 0 Å². The fourth-order valence-electron chi connectivity index (χ4n) is 3.18. The first kappa shape index (κ1) is 20.3. The molecule has 1 aliphatic rings. The monoisotopic (exact) mass is 403 g/mol. The van der Waals surface area contributed by atoms with Gasteiger partial charge < -0.3 is 14.2 Å². The predicted molar refractivity (Wildman–Crippen MR) is 112 cm³/mol. The highest BCUT2D eigenvalue weighted by Crippen LogP contribution is 2.33. The second-order valence-electron chi connectivity index (χ2n) is 6.51. The normalized spacial score (nSPS) is 15.1. The summed E-state index contributed by atoms with van der Waals surface area (Å²) in [6.07, 6.45) is 1.81. The van der Waals surface area contributed by atoms with Crippen LogP contribution in [0.2, 0.25) is 5.02 Å². The highest BCUT2D eigenvalue weighted by molar-refractivity contribution is 6.31. The van der Waals surface area contributed by atoms with E-state index in [1.165, 1.54) is 0 Å². The first-order chi connectivity index (χ1) is 13.6. The quantitative estimate of drug-likeness (QED) is 0.662. The Morgan fingerprint density at radius 1 is 0.929 bits per heavy atom.